The Morgan fingerprint density at radius 3 is 2.70 bits per heavy atom. The molecule has 0 atom stereocenters. The second-order valence-corrected chi connectivity index (χ2v) is 6.48. The zero-order chi connectivity index (χ0) is 16.2. The van der Waals surface area contributed by atoms with Crippen LogP contribution in [0.25, 0.3) is 0 Å². The van der Waals surface area contributed by atoms with E-state index in [1.54, 1.807) is 0 Å². The van der Waals surface area contributed by atoms with Crippen molar-refractivity contribution in [3.05, 3.63) is 16.7 Å². The highest BCUT2D eigenvalue weighted by atomic mass is 15.2. The molecule has 3 rings (SSSR count). The van der Waals surface area contributed by atoms with Crippen molar-refractivity contribution in [1.29, 1.82) is 5.26 Å². The first-order valence-electron chi connectivity index (χ1n) is 8.58. The lowest BCUT2D eigenvalue weighted by Gasteiger charge is -2.34. The summed E-state index contributed by atoms with van der Waals surface area (Å²) < 4.78 is 0. The normalized spacial score (nSPS) is 18.4. The molecule has 1 aromatic rings. The van der Waals surface area contributed by atoms with Crippen molar-refractivity contribution >= 4 is 11.6 Å². The minimum Gasteiger partial charge on any atom is -0.368 e. The number of likely N-dealkylation sites (N-methyl/N-ethyl adjacent to an activating group) is 1. The lowest BCUT2D eigenvalue weighted by atomic mass is 9.95. The van der Waals surface area contributed by atoms with Crippen LogP contribution >= 0.6 is 0 Å². The fraction of sp³-hybridized carbons (Fsp3) is 0.647. The third-order valence-corrected chi connectivity index (χ3v) is 4.77. The second kappa shape index (κ2) is 7.16. The van der Waals surface area contributed by atoms with E-state index in [9.17, 15) is 5.26 Å². The molecule has 6 heteroatoms. The molecule has 1 fully saturated rings. The summed E-state index contributed by atoms with van der Waals surface area (Å²) in [6.45, 7) is 5.16. The van der Waals surface area contributed by atoms with Crippen molar-refractivity contribution in [2.24, 2.45) is 5.73 Å². The molecular weight excluding hydrogens is 288 g/mol. The highest BCUT2D eigenvalue weighted by Crippen LogP contribution is 2.34. The van der Waals surface area contributed by atoms with Crippen molar-refractivity contribution in [2.45, 2.75) is 32.2 Å². The second-order valence-electron chi connectivity index (χ2n) is 6.48. The van der Waals surface area contributed by atoms with E-state index < -0.39 is 0 Å². The SMILES string of the molecule is CN1CCc2c(C#N)c(NCCN)nc(N3CCCCC3)c2C1. The van der Waals surface area contributed by atoms with E-state index in [1.807, 2.05) is 0 Å². The quantitative estimate of drug-likeness (QED) is 0.872. The van der Waals surface area contributed by atoms with Gasteiger partial charge in [-0.3, -0.25) is 0 Å². The molecule has 1 aromatic heterocycles. The summed E-state index contributed by atoms with van der Waals surface area (Å²) in [6.07, 6.45) is 4.65. The summed E-state index contributed by atoms with van der Waals surface area (Å²) >= 11 is 0. The molecule has 0 aromatic carbocycles. The van der Waals surface area contributed by atoms with Crippen LogP contribution in [0.3, 0.4) is 0 Å². The predicted molar refractivity (Wildman–Crippen MR) is 92.6 cm³/mol. The topological polar surface area (TPSA) is 81.2 Å². The van der Waals surface area contributed by atoms with Crippen molar-refractivity contribution in [3.63, 3.8) is 0 Å². The van der Waals surface area contributed by atoms with Crippen LogP contribution in [0.5, 0.6) is 0 Å². The van der Waals surface area contributed by atoms with E-state index in [0.717, 1.165) is 38.4 Å². The first-order chi connectivity index (χ1) is 11.2. The van der Waals surface area contributed by atoms with Gasteiger partial charge in [-0.2, -0.15) is 5.26 Å². The van der Waals surface area contributed by atoms with Crippen molar-refractivity contribution in [3.8, 4) is 6.07 Å². The van der Waals surface area contributed by atoms with Gasteiger partial charge in [-0.25, -0.2) is 4.98 Å². The van der Waals surface area contributed by atoms with Gasteiger partial charge < -0.3 is 20.9 Å². The van der Waals surface area contributed by atoms with Gasteiger partial charge in [-0.15, -0.1) is 0 Å². The highest BCUT2D eigenvalue weighted by Gasteiger charge is 2.27. The van der Waals surface area contributed by atoms with E-state index in [4.69, 9.17) is 10.7 Å². The third kappa shape index (κ3) is 3.26. The molecule has 0 aliphatic carbocycles. The Hall–Kier alpha value is -1.84. The van der Waals surface area contributed by atoms with E-state index in [1.165, 1.54) is 30.4 Å². The Morgan fingerprint density at radius 1 is 1.22 bits per heavy atom. The molecular formula is C17H26N6. The maximum absolute atomic E-state index is 9.65. The summed E-state index contributed by atoms with van der Waals surface area (Å²) in [5.41, 5.74) is 8.75. The number of piperidine rings is 1. The molecule has 0 unspecified atom stereocenters. The number of nitriles is 1. The fourth-order valence-corrected chi connectivity index (χ4v) is 3.56. The molecule has 0 spiro atoms. The average Bonchev–Trinajstić information content (AvgIpc) is 2.59. The van der Waals surface area contributed by atoms with Gasteiger partial charge in [0.2, 0.25) is 0 Å². The number of anilines is 2. The number of pyridine rings is 1. The average molecular weight is 314 g/mol. The third-order valence-electron chi connectivity index (χ3n) is 4.77. The van der Waals surface area contributed by atoms with Crippen LogP contribution in [0.4, 0.5) is 11.6 Å². The molecule has 0 bridgehead atoms. The maximum atomic E-state index is 9.65. The van der Waals surface area contributed by atoms with Gasteiger partial charge in [0.05, 0.1) is 5.56 Å². The molecule has 0 radical (unpaired) electrons. The van der Waals surface area contributed by atoms with Crippen LogP contribution in [-0.2, 0) is 13.0 Å². The number of nitrogens with zero attached hydrogens (tertiary/aromatic N) is 4. The van der Waals surface area contributed by atoms with Crippen LogP contribution < -0.4 is 16.0 Å². The molecule has 1 saturated heterocycles. The van der Waals surface area contributed by atoms with E-state index in [-0.39, 0.29) is 0 Å². The molecule has 0 amide bonds. The number of hydrogen-bond acceptors (Lipinski definition) is 6. The van der Waals surface area contributed by atoms with Gasteiger partial charge >= 0.3 is 0 Å². The largest absolute Gasteiger partial charge is 0.368 e. The van der Waals surface area contributed by atoms with E-state index in [2.05, 4.69) is 28.2 Å². The summed E-state index contributed by atoms with van der Waals surface area (Å²) in [6, 6.07) is 2.37. The Balaban J connectivity index is 2.07. The Bertz CT molecular complexity index is 600. The predicted octanol–water partition coefficient (Wildman–Crippen LogP) is 1.30. The van der Waals surface area contributed by atoms with Crippen LogP contribution in [0.1, 0.15) is 36.0 Å². The Morgan fingerprint density at radius 2 is 2.00 bits per heavy atom. The van der Waals surface area contributed by atoms with Crippen LogP contribution in [0, 0.1) is 11.3 Å². The van der Waals surface area contributed by atoms with Gasteiger partial charge in [0.1, 0.15) is 17.7 Å². The summed E-state index contributed by atoms with van der Waals surface area (Å²) in [7, 11) is 2.13. The number of fused-ring (bicyclic) bond motifs is 1. The van der Waals surface area contributed by atoms with Crippen molar-refractivity contribution in [1.82, 2.24) is 9.88 Å². The first-order valence-corrected chi connectivity index (χ1v) is 8.58. The smallest absolute Gasteiger partial charge is 0.146 e. The molecule has 2 aliphatic heterocycles. The minimum atomic E-state index is 0.533. The maximum Gasteiger partial charge on any atom is 0.146 e. The highest BCUT2D eigenvalue weighted by molar-refractivity contribution is 5.67. The zero-order valence-electron chi connectivity index (χ0n) is 13.9. The molecule has 0 saturated carbocycles. The van der Waals surface area contributed by atoms with E-state index >= 15 is 0 Å². The minimum absolute atomic E-state index is 0.533. The molecule has 3 N–H and O–H groups in total. The van der Waals surface area contributed by atoms with Gasteiger partial charge in [-0.1, -0.05) is 0 Å². The number of nitrogens with two attached hydrogens (primary N) is 1. The van der Waals surface area contributed by atoms with Crippen molar-refractivity contribution < 1.29 is 0 Å². The number of rotatable bonds is 4. The van der Waals surface area contributed by atoms with Gasteiger partial charge in [0, 0.05) is 44.8 Å². The number of nitrogens with one attached hydrogen (secondary N) is 1. The molecule has 3 heterocycles. The molecule has 124 valence electrons. The Labute approximate surface area is 138 Å². The summed E-state index contributed by atoms with van der Waals surface area (Å²) in [4.78, 5) is 9.57. The van der Waals surface area contributed by atoms with Crippen LogP contribution in [-0.4, -0.2) is 49.7 Å². The summed E-state index contributed by atoms with van der Waals surface area (Å²) in [5.74, 6) is 1.78. The fourth-order valence-electron chi connectivity index (χ4n) is 3.56. The lowest BCUT2D eigenvalue weighted by molar-refractivity contribution is 0.312. The van der Waals surface area contributed by atoms with Gasteiger partial charge in [-0.05, 0) is 38.3 Å². The number of aromatic nitrogens is 1. The van der Waals surface area contributed by atoms with Gasteiger partial charge in [0.15, 0.2) is 0 Å². The van der Waals surface area contributed by atoms with Crippen LogP contribution in [0.15, 0.2) is 0 Å². The molecule has 6 nitrogen and oxygen atoms in total. The summed E-state index contributed by atoms with van der Waals surface area (Å²) in [5, 5.41) is 12.9. The van der Waals surface area contributed by atoms with Crippen molar-refractivity contribution in [2.75, 3.05) is 50.0 Å². The lowest BCUT2D eigenvalue weighted by Crippen LogP contribution is -2.35. The van der Waals surface area contributed by atoms with Crippen LogP contribution in [0.2, 0.25) is 0 Å². The van der Waals surface area contributed by atoms with Gasteiger partial charge in [0.25, 0.3) is 0 Å². The standard InChI is InChI=1S/C17H26N6/c1-22-10-5-13-14(11-19)16(20-7-6-18)21-17(15(13)12-22)23-8-3-2-4-9-23/h2-10,12,18H2,1H3,(H,20,21). The van der Waals surface area contributed by atoms with E-state index in [0.29, 0.717) is 24.5 Å². The molecule has 23 heavy (non-hydrogen) atoms. The molecule has 2 aliphatic rings. The first kappa shape index (κ1) is 16.0. The number of hydrogen-bond donors (Lipinski definition) is 2. The Kier molecular flexibility index (Phi) is 4.99. The zero-order valence-corrected chi connectivity index (χ0v) is 13.9. The monoisotopic (exact) mass is 314 g/mol.